The lowest BCUT2D eigenvalue weighted by molar-refractivity contribution is -0.385. The monoisotopic (exact) mass is 482 g/mol. The lowest BCUT2D eigenvalue weighted by Crippen LogP contribution is -2.27. The van der Waals surface area contributed by atoms with E-state index in [0.717, 1.165) is 37.1 Å². The van der Waals surface area contributed by atoms with Gasteiger partial charge in [-0.05, 0) is 55.3 Å². The van der Waals surface area contributed by atoms with Crippen molar-refractivity contribution in [3.63, 3.8) is 0 Å². The number of ketones is 1. The SMILES string of the molecule is COc1cc(/C=C/C(=O)c2ccc(S(=O)(=O)N3CCCC3)cc2)c([N+](=O)[O-])cc1OC(F)F. The first-order chi connectivity index (χ1) is 15.6. The summed E-state index contributed by atoms with van der Waals surface area (Å²) in [7, 11) is -2.45. The summed E-state index contributed by atoms with van der Waals surface area (Å²) in [4.78, 5) is 23.1. The molecule has 1 fully saturated rings. The molecule has 0 atom stereocenters. The molecule has 176 valence electrons. The average Bonchev–Trinajstić information content (AvgIpc) is 3.33. The number of benzene rings is 2. The number of nitrogens with zero attached hydrogens (tertiary/aromatic N) is 2. The summed E-state index contributed by atoms with van der Waals surface area (Å²) in [6.45, 7) is -2.30. The van der Waals surface area contributed by atoms with Crippen molar-refractivity contribution in [2.24, 2.45) is 0 Å². The van der Waals surface area contributed by atoms with Crippen LogP contribution in [0.3, 0.4) is 0 Å². The van der Waals surface area contributed by atoms with Crippen LogP contribution in [0.1, 0.15) is 28.8 Å². The molecule has 2 aromatic rings. The van der Waals surface area contributed by atoms with Gasteiger partial charge in [-0.3, -0.25) is 14.9 Å². The maximum Gasteiger partial charge on any atom is 0.387 e. The third-order valence-corrected chi connectivity index (χ3v) is 6.89. The van der Waals surface area contributed by atoms with E-state index in [1.54, 1.807) is 0 Å². The third kappa shape index (κ3) is 5.52. The Morgan fingerprint density at radius 2 is 1.79 bits per heavy atom. The van der Waals surface area contributed by atoms with E-state index in [2.05, 4.69) is 4.74 Å². The zero-order valence-corrected chi connectivity index (χ0v) is 18.3. The number of rotatable bonds is 9. The highest BCUT2D eigenvalue weighted by molar-refractivity contribution is 7.89. The van der Waals surface area contributed by atoms with E-state index in [4.69, 9.17) is 4.74 Å². The molecule has 1 aliphatic heterocycles. The van der Waals surface area contributed by atoms with Crippen LogP contribution in [0, 0.1) is 10.1 Å². The zero-order valence-electron chi connectivity index (χ0n) is 17.4. The number of sulfonamides is 1. The molecule has 9 nitrogen and oxygen atoms in total. The Morgan fingerprint density at radius 3 is 2.33 bits per heavy atom. The lowest BCUT2D eigenvalue weighted by atomic mass is 10.1. The number of carbonyl (C=O) groups excluding carboxylic acids is 1. The highest BCUT2D eigenvalue weighted by Gasteiger charge is 2.27. The molecule has 2 aromatic carbocycles. The van der Waals surface area contributed by atoms with Crippen molar-refractivity contribution in [3.05, 3.63) is 63.7 Å². The van der Waals surface area contributed by atoms with E-state index < -0.39 is 38.8 Å². The van der Waals surface area contributed by atoms with Crippen molar-refractivity contribution in [3.8, 4) is 11.5 Å². The summed E-state index contributed by atoms with van der Waals surface area (Å²) >= 11 is 0. The normalized spacial score (nSPS) is 14.7. The molecule has 3 rings (SSSR count). The predicted molar refractivity (Wildman–Crippen MR) is 114 cm³/mol. The van der Waals surface area contributed by atoms with Crippen LogP contribution in [0.15, 0.2) is 47.4 Å². The van der Waals surface area contributed by atoms with Gasteiger partial charge in [0.25, 0.3) is 5.69 Å². The van der Waals surface area contributed by atoms with Crippen LogP contribution in [0.5, 0.6) is 11.5 Å². The number of ether oxygens (including phenoxy) is 2. The molecule has 1 heterocycles. The second-order valence-corrected chi connectivity index (χ2v) is 8.97. The first kappa shape index (κ1) is 24.3. The number of hydrogen-bond donors (Lipinski definition) is 0. The molecule has 0 bridgehead atoms. The summed E-state index contributed by atoms with van der Waals surface area (Å²) in [6, 6.07) is 7.25. The van der Waals surface area contributed by atoms with Gasteiger partial charge in [0, 0.05) is 18.7 Å². The summed E-state index contributed by atoms with van der Waals surface area (Å²) in [5, 5.41) is 11.4. The van der Waals surface area contributed by atoms with Gasteiger partial charge in [0.2, 0.25) is 10.0 Å². The number of methoxy groups -OCH3 is 1. The Bertz CT molecular complexity index is 1180. The fourth-order valence-corrected chi connectivity index (χ4v) is 4.85. The minimum atomic E-state index is -3.62. The number of nitro benzene ring substituents is 1. The van der Waals surface area contributed by atoms with E-state index >= 15 is 0 Å². The zero-order chi connectivity index (χ0) is 24.2. The third-order valence-electron chi connectivity index (χ3n) is 4.98. The van der Waals surface area contributed by atoms with Crippen molar-refractivity contribution in [1.82, 2.24) is 4.31 Å². The highest BCUT2D eigenvalue weighted by Crippen LogP contribution is 2.36. The second kappa shape index (κ2) is 10.0. The van der Waals surface area contributed by atoms with E-state index in [1.807, 2.05) is 0 Å². The number of halogens is 2. The van der Waals surface area contributed by atoms with Crippen LogP contribution < -0.4 is 9.47 Å². The van der Waals surface area contributed by atoms with Crippen LogP contribution in [0.2, 0.25) is 0 Å². The largest absolute Gasteiger partial charge is 0.493 e. The summed E-state index contributed by atoms with van der Waals surface area (Å²) in [5.41, 5.74) is -0.471. The fourth-order valence-electron chi connectivity index (χ4n) is 3.33. The topological polar surface area (TPSA) is 116 Å². The molecule has 0 aliphatic carbocycles. The van der Waals surface area contributed by atoms with Crippen molar-refractivity contribution in [2.75, 3.05) is 20.2 Å². The Balaban J connectivity index is 1.84. The maximum atomic E-state index is 12.6. The Hall–Kier alpha value is -3.38. The average molecular weight is 482 g/mol. The van der Waals surface area contributed by atoms with Gasteiger partial charge < -0.3 is 9.47 Å². The summed E-state index contributed by atoms with van der Waals surface area (Å²) in [6.07, 6.45) is 3.79. The lowest BCUT2D eigenvalue weighted by Gasteiger charge is -2.15. The minimum absolute atomic E-state index is 0.0694. The van der Waals surface area contributed by atoms with Crippen molar-refractivity contribution in [2.45, 2.75) is 24.3 Å². The van der Waals surface area contributed by atoms with Crippen LogP contribution in [-0.2, 0) is 10.0 Å². The molecule has 0 radical (unpaired) electrons. The van der Waals surface area contributed by atoms with Gasteiger partial charge in [0.15, 0.2) is 17.3 Å². The molecule has 0 amide bonds. The molecule has 1 saturated heterocycles. The molecule has 0 N–H and O–H groups in total. The second-order valence-electron chi connectivity index (χ2n) is 7.03. The Morgan fingerprint density at radius 1 is 1.15 bits per heavy atom. The van der Waals surface area contributed by atoms with Crippen molar-refractivity contribution >= 4 is 27.6 Å². The first-order valence-electron chi connectivity index (χ1n) is 9.77. The van der Waals surface area contributed by atoms with Gasteiger partial charge in [-0.15, -0.1) is 0 Å². The number of carbonyl (C=O) groups is 1. The molecule has 33 heavy (non-hydrogen) atoms. The standard InChI is InChI=1S/C21H20F2N2O7S/c1-31-19-12-15(17(25(27)28)13-20(19)32-21(22)23)6-9-18(26)14-4-7-16(8-5-14)33(29,30)24-10-2-3-11-24/h4-9,12-13,21H,2-3,10-11H2,1H3/b9-6+. The molecular weight excluding hydrogens is 462 g/mol. The van der Waals surface area contributed by atoms with Gasteiger partial charge >= 0.3 is 6.61 Å². The van der Waals surface area contributed by atoms with Gasteiger partial charge in [-0.1, -0.05) is 0 Å². The van der Waals surface area contributed by atoms with Gasteiger partial charge in [0.1, 0.15) is 0 Å². The van der Waals surface area contributed by atoms with Crippen molar-refractivity contribution < 1.29 is 36.4 Å². The maximum absolute atomic E-state index is 12.6. The first-order valence-corrected chi connectivity index (χ1v) is 11.2. The summed E-state index contributed by atoms with van der Waals surface area (Å²) in [5.74, 6) is -1.23. The van der Waals surface area contributed by atoms with Crippen LogP contribution in [-0.4, -0.2) is 50.2 Å². The summed E-state index contributed by atoms with van der Waals surface area (Å²) < 4.78 is 60.8. The molecule has 1 aliphatic rings. The minimum Gasteiger partial charge on any atom is -0.493 e. The van der Waals surface area contributed by atoms with E-state index in [0.29, 0.717) is 13.1 Å². The van der Waals surface area contributed by atoms with Crippen molar-refractivity contribution in [1.29, 1.82) is 0 Å². The van der Waals surface area contributed by atoms with Crippen LogP contribution in [0.25, 0.3) is 6.08 Å². The fraction of sp³-hybridized carbons (Fsp3) is 0.286. The smallest absolute Gasteiger partial charge is 0.387 e. The molecule has 0 spiro atoms. The number of nitro groups is 1. The van der Waals surface area contributed by atoms with E-state index in [-0.39, 0.29) is 21.8 Å². The number of allylic oxidation sites excluding steroid dienone is 1. The predicted octanol–water partition coefficient (Wildman–Crippen LogP) is 3.89. The Labute approximate surface area is 188 Å². The number of alkyl halides is 2. The van der Waals surface area contributed by atoms with Gasteiger partial charge in [0.05, 0.1) is 28.6 Å². The van der Waals surface area contributed by atoms with Crippen LogP contribution >= 0.6 is 0 Å². The molecule has 0 saturated carbocycles. The number of hydrogen-bond acceptors (Lipinski definition) is 7. The molecular formula is C21H20F2N2O7S. The van der Waals surface area contributed by atoms with Gasteiger partial charge in [-0.2, -0.15) is 13.1 Å². The molecule has 0 unspecified atom stereocenters. The highest BCUT2D eigenvalue weighted by atomic mass is 32.2. The van der Waals surface area contributed by atoms with Gasteiger partial charge in [-0.25, -0.2) is 8.42 Å². The van der Waals surface area contributed by atoms with Crippen LogP contribution in [0.4, 0.5) is 14.5 Å². The molecule has 0 aromatic heterocycles. The van der Waals surface area contributed by atoms with E-state index in [1.165, 1.54) is 35.7 Å². The van der Waals surface area contributed by atoms with E-state index in [9.17, 15) is 32.1 Å². The molecule has 12 heteroatoms. The Kier molecular flexibility index (Phi) is 7.39. The quantitative estimate of drug-likeness (QED) is 0.230.